The summed E-state index contributed by atoms with van der Waals surface area (Å²) < 4.78 is 0.988. The third kappa shape index (κ3) is 5.67. The van der Waals surface area contributed by atoms with Gasteiger partial charge in [0.25, 0.3) is 0 Å². The van der Waals surface area contributed by atoms with E-state index in [1.165, 1.54) is 32.1 Å². The maximum atomic E-state index is 9.66. The molecule has 2 rings (SSSR count). The van der Waals surface area contributed by atoms with Gasteiger partial charge in [-0.05, 0) is 33.1 Å². The van der Waals surface area contributed by atoms with Gasteiger partial charge in [-0.25, -0.2) is 0 Å². The van der Waals surface area contributed by atoms with Crippen molar-refractivity contribution in [3.05, 3.63) is 0 Å². The van der Waals surface area contributed by atoms with Crippen LogP contribution in [0.4, 0.5) is 5.13 Å². The van der Waals surface area contributed by atoms with Crippen LogP contribution in [0.5, 0.6) is 0 Å². The van der Waals surface area contributed by atoms with Crippen molar-refractivity contribution in [3.8, 4) is 0 Å². The second kappa shape index (κ2) is 6.90. The fraction of sp³-hybridized carbons (Fsp3) is 0.846. The van der Waals surface area contributed by atoms with Crippen LogP contribution in [0.25, 0.3) is 0 Å². The van der Waals surface area contributed by atoms with Gasteiger partial charge in [0.15, 0.2) is 4.34 Å². The summed E-state index contributed by atoms with van der Waals surface area (Å²) in [4.78, 5) is 0. The summed E-state index contributed by atoms with van der Waals surface area (Å²) in [5.74, 6) is 0.877. The van der Waals surface area contributed by atoms with Gasteiger partial charge in [0.1, 0.15) is 0 Å². The second-order valence-corrected chi connectivity index (χ2v) is 8.08. The smallest absolute Gasteiger partial charge is 0.206 e. The SMILES string of the molecule is CC(C)(O)CCSc1nnc(NC2CCCCC2)s1. The molecular weight excluding hydrogens is 278 g/mol. The minimum atomic E-state index is -0.596. The maximum absolute atomic E-state index is 9.66. The van der Waals surface area contributed by atoms with Crippen molar-refractivity contribution in [2.75, 3.05) is 11.1 Å². The molecule has 0 saturated heterocycles. The highest BCUT2D eigenvalue weighted by Gasteiger charge is 2.16. The lowest BCUT2D eigenvalue weighted by atomic mass is 9.96. The minimum Gasteiger partial charge on any atom is -0.390 e. The zero-order valence-electron chi connectivity index (χ0n) is 11.7. The Labute approximate surface area is 123 Å². The molecule has 108 valence electrons. The van der Waals surface area contributed by atoms with Crippen LogP contribution in [0.3, 0.4) is 0 Å². The Morgan fingerprint density at radius 1 is 1.32 bits per heavy atom. The van der Waals surface area contributed by atoms with Crippen LogP contribution in [0, 0.1) is 0 Å². The van der Waals surface area contributed by atoms with Crippen molar-refractivity contribution in [1.82, 2.24) is 10.2 Å². The van der Waals surface area contributed by atoms with E-state index in [9.17, 15) is 5.11 Å². The standard InChI is InChI=1S/C13H23N3OS2/c1-13(2,17)8-9-18-12-16-15-11(19-12)14-10-6-4-3-5-7-10/h10,17H,3-9H2,1-2H3,(H,14,15). The van der Waals surface area contributed by atoms with Gasteiger partial charge in [-0.3, -0.25) is 0 Å². The zero-order chi connectivity index (χ0) is 13.7. The van der Waals surface area contributed by atoms with E-state index < -0.39 is 5.60 Å². The minimum absolute atomic E-state index is 0.580. The van der Waals surface area contributed by atoms with Gasteiger partial charge in [0.2, 0.25) is 5.13 Å². The third-order valence-electron chi connectivity index (χ3n) is 3.28. The third-order valence-corrected chi connectivity index (χ3v) is 5.27. The molecule has 0 unspecified atom stereocenters. The zero-order valence-corrected chi connectivity index (χ0v) is 13.3. The Balaban J connectivity index is 1.75. The Morgan fingerprint density at radius 3 is 2.74 bits per heavy atom. The molecule has 1 aromatic heterocycles. The molecule has 4 nitrogen and oxygen atoms in total. The first-order valence-electron chi connectivity index (χ1n) is 6.98. The normalized spacial score (nSPS) is 17.6. The van der Waals surface area contributed by atoms with Crippen molar-refractivity contribution in [1.29, 1.82) is 0 Å². The van der Waals surface area contributed by atoms with Gasteiger partial charge in [-0.1, -0.05) is 42.4 Å². The molecule has 0 bridgehead atoms. The topological polar surface area (TPSA) is 58.0 Å². The number of anilines is 1. The summed E-state index contributed by atoms with van der Waals surface area (Å²) in [5.41, 5.74) is -0.596. The van der Waals surface area contributed by atoms with Gasteiger partial charge in [-0.2, -0.15) is 0 Å². The summed E-state index contributed by atoms with van der Waals surface area (Å²) in [6.07, 6.45) is 7.28. The highest BCUT2D eigenvalue weighted by molar-refractivity contribution is 8.01. The van der Waals surface area contributed by atoms with Crippen LogP contribution in [0.1, 0.15) is 52.4 Å². The van der Waals surface area contributed by atoms with Gasteiger partial charge in [0.05, 0.1) is 5.60 Å². The number of hydrogen-bond donors (Lipinski definition) is 2. The van der Waals surface area contributed by atoms with Crippen molar-refractivity contribution in [3.63, 3.8) is 0 Å². The van der Waals surface area contributed by atoms with Gasteiger partial charge in [-0.15, -0.1) is 10.2 Å². The Bertz CT molecular complexity index is 383. The summed E-state index contributed by atoms with van der Waals surface area (Å²) in [6.45, 7) is 3.67. The molecule has 1 aromatic rings. The molecule has 6 heteroatoms. The predicted octanol–water partition coefficient (Wildman–Crippen LogP) is 3.54. The van der Waals surface area contributed by atoms with Crippen LogP contribution >= 0.6 is 23.1 Å². The number of aliphatic hydroxyl groups is 1. The number of nitrogens with zero attached hydrogens (tertiary/aromatic N) is 2. The van der Waals surface area contributed by atoms with E-state index in [1.807, 2.05) is 13.8 Å². The van der Waals surface area contributed by atoms with Gasteiger partial charge >= 0.3 is 0 Å². The Kier molecular flexibility index (Phi) is 5.47. The quantitative estimate of drug-likeness (QED) is 0.787. The molecule has 0 aromatic carbocycles. The first-order valence-corrected chi connectivity index (χ1v) is 8.78. The van der Waals surface area contributed by atoms with Crippen molar-refractivity contribution in [2.45, 2.75) is 68.4 Å². The maximum Gasteiger partial charge on any atom is 0.206 e. The Hall–Kier alpha value is -0.330. The lowest BCUT2D eigenvalue weighted by molar-refractivity contribution is 0.0777. The molecule has 19 heavy (non-hydrogen) atoms. The van der Waals surface area contributed by atoms with Crippen LogP contribution in [-0.2, 0) is 0 Å². The van der Waals surface area contributed by atoms with E-state index in [2.05, 4.69) is 15.5 Å². The lowest BCUT2D eigenvalue weighted by Crippen LogP contribution is -2.21. The van der Waals surface area contributed by atoms with Crippen LogP contribution in [0.15, 0.2) is 4.34 Å². The van der Waals surface area contributed by atoms with E-state index in [-0.39, 0.29) is 0 Å². The summed E-state index contributed by atoms with van der Waals surface area (Å²) >= 11 is 3.30. The molecule has 1 aliphatic rings. The number of nitrogens with one attached hydrogen (secondary N) is 1. The Morgan fingerprint density at radius 2 is 2.05 bits per heavy atom. The molecular formula is C13H23N3OS2. The van der Waals surface area contributed by atoms with Crippen LogP contribution in [-0.4, -0.2) is 32.7 Å². The average Bonchev–Trinajstić information content (AvgIpc) is 2.76. The number of thioether (sulfide) groups is 1. The van der Waals surface area contributed by atoms with E-state index in [4.69, 9.17) is 0 Å². The average molecular weight is 301 g/mol. The lowest BCUT2D eigenvalue weighted by Gasteiger charge is -2.21. The molecule has 0 spiro atoms. The molecule has 1 aliphatic carbocycles. The number of rotatable bonds is 6. The second-order valence-electron chi connectivity index (χ2n) is 5.76. The first-order chi connectivity index (χ1) is 9.03. The van der Waals surface area contributed by atoms with E-state index in [0.717, 1.165) is 21.6 Å². The van der Waals surface area contributed by atoms with Gasteiger partial charge < -0.3 is 10.4 Å². The summed E-state index contributed by atoms with van der Waals surface area (Å²) in [7, 11) is 0. The highest BCUT2D eigenvalue weighted by atomic mass is 32.2. The summed E-state index contributed by atoms with van der Waals surface area (Å²) in [5, 5.41) is 22.5. The molecule has 0 atom stereocenters. The molecule has 1 heterocycles. The number of hydrogen-bond acceptors (Lipinski definition) is 6. The van der Waals surface area contributed by atoms with E-state index in [0.29, 0.717) is 6.04 Å². The molecule has 1 fully saturated rings. The summed E-state index contributed by atoms with van der Waals surface area (Å²) in [6, 6.07) is 0.580. The first kappa shape index (κ1) is 15.1. The van der Waals surface area contributed by atoms with Crippen molar-refractivity contribution >= 4 is 28.2 Å². The molecule has 0 amide bonds. The molecule has 0 aliphatic heterocycles. The molecule has 0 radical (unpaired) electrons. The van der Waals surface area contributed by atoms with E-state index >= 15 is 0 Å². The van der Waals surface area contributed by atoms with Crippen LogP contribution in [0.2, 0.25) is 0 Å². The number of aromatic nitrogens is 2. The monoisotopic (exact) mass is 301 g/mol. The van der Waals surface area contributed by atoms with Gasteiger partial charge in [0, 0.05) is 11.8 Å². The fourth-order valence-corrected chi connectivity index (χ4v) is 4.29. The molecule has 2 N–H and O–H groups in total. The fourth-order valence-electron chi connectivity index (χ4n) is 2.14. The molecule has 1 saturated carbocycles. The van der Waals surface area contributed by atoms with Crippen molar-refractivity contribution < 1.29 is 5.11 Å². The van der Waals surface area contributed by atoms with Crippen molar-refractivity contribution in [2.24, 2.45) is 0 Å². The highest BCUT2D eigenvalue weighted by Crippen LogP contribution is 2.29. The van der Waals surface area contributed by atoms with E-state index in [1.54, 1.807) is 23.1 Å². The predicted molar refractivity (Wildman–Crippen MR) is 82.0 cm³/mol. The largest absolute Gasteiger partial charge is 0.390 e. The van der Waals surface area contributed by atoms with Crippen LogP contribution < -0.4 is 5.32 Å².